The highest BCUT2D eigenvalue weighted by molar-refractivity contribution is 5.91. The van der Waals surface area contributed by atoms with Crippen molar-refractivity contribution >= 4 is 12.0 Å². The van der Waals surface area contributed by atoms with Crippen molar-refractivity contribution in [1.82, 2.24) is 9.80 Å². The zero-order valence-electron chi connectivity index (χ0n) is 16.3. The van der Waals surface area contributed by atoms with Gasteiger partial charge in [0.25, 0.3) is 0 Å². The Hall–Kier alpha value is -1.81. The summed E-state index contributed by atoms with van der Waals surface area (Å²) in [4.78, 5) is 16.8. The van der Waals surface area contributed by atoms with E-state index in [1.54, 1.807) is 6.08 Å². The van der Waals surface area contributed by atoms with E-state index in [9.17, 15) is 4.79 Å². The number of ether oxygens (including phenoxy) is 1. The lowest BCUT2D eigenvalue weighted by Gasteiger charge is -2.41. The molecule has 0 aromatic heterocycles. The summed E-state index contributed by atoms with van der Waals surface area (Å²) >= 11 is 0. The molecule has 2 aliphatic heterocycles. The number of carbonyl (C=O) groups excluding carboxylic acids is 1. The zero-order valence-corrected chi connectivity index (χ0v) is 16.3. The van der Waals surface area contributed by atoms with E-state index in [0.717, 1.165) is 56.1 Å². The van der Waals surface area contributed by atoms with Crippen LogP contribution in [0.2, 0.25) is 0 Å². The predicted molar refractivity (Wildman–Crippen MR) is 109 cm³/mol. The first-order valence-electron chi connectivity index (χ1n) is 10.8. The van der Waals surface area contributed by atoms with E-state index in [1.165, 1.54) is 38.8 Å². The Kier molecular flexibility index (Phi) is 6.13. The molecule has 0 spiro atoms. The van der Waals surface area contributed by atoms with E-state index >= 15 is 0 Å². The molecule has 0 atom stereocenters. The third-order valence-corrected chi connectivity index (χ3v) is 6.34. The Bertz CT molecular complexity index is 637. The van der Waals surface area contributed by atoms with Gasteiger partial charge >= 0.3 is 0 Å². The van der Waals surface area contributed by atoms with Crippen LogP contribution in [-0.4, -0.2) is 54.0 Å². The van der Waals surface area contributed by atoms with Gasteiger partial charge in [-0.25, -0.2) is 0 Å². The molecule has 2 saturated heterocycles. The molecule has 4 heteroatoms. The number of hydrogen-bond donors (Lipinski definition) is 0. The summed E-state index contributed by atoms with van der Waals surface area (Å²) in [5, 5.41) is 0. The molecular formula is C23H32N2O2. The molecule has 0 bridgehead atoms. The van der Waals surface area contributed by atoms with Gasteiger partial charge in [-0.05, 0) is 68.7 Å². The van der Waals surface area contributed by atoms with Gasteiger partial charge in [-0.15, -0.1) is 0 Å². The zero-order chi connectivity index (χ0) is 18.5. The van der Waals surface area contributed by atoms with E-state index < -0.39 is 0 Å². The Morgan fingerprint density at radius 1 is 0.889 bits per heavy atom. The first-order chi connectivity index (χ1) is 13.3. The lowest BCUT2D eigenvalue weighted by Crippen LogP contribution is -2.46. The quantitative estimate of drug-likeness (QED) is 0.733. The molecule has 146 valence electrons. The van der Waals surface area contributed by atoms with Gasteiger partial charge in [-0.3, -0.25) is 4.79 Å². The minimum Gasteiger partial charge on any atom is -0.490 e. The van der Waals surface area contributed by atoms with E-state index in [0.29, 0.717) is 6.10 Å². The van der Waals surface area contributed by atoms with Gasteiger partial charge in [0.05, 0.1) is 0 Å². The normalized spacial score (nSPS) is 22.7. The Morgan fingerprint density at radius 3 is 2.22 bits per heavy atom. The average molecular weight is 369 g/mol. The SMILES string of the molecule is O=C(/C=C/c1ccc(OC2CCN(C3CCC3)CC2)cc1)N1CCCCC1. The van der Waals surface area contributed by atoms with Crippen LogP contribution in [0, 0.1) is 0 Å². The Morgan fingerprint density at radius 2 is 1.59 bits per heavy atom. The fourth-order valence-electron chi connectivity index (χ4n) is 4.35. The van der Waals surface area contributed by atoms with E-state index in [-0.39, 0.29) is 5.91 Å². The van der Waals surface area contributed by atoms with E-state index in [4.69, 9.17) is 4.74 Å². The molecule has 3 aliphatic rings. The number of amides is 1. The van der Waals surface area contributed by atoms with Crippen LogP contribution in [0.3, 0.4) is 0 Å². The van der Waals surface area contributed by atoms with Crippen molar-refractivity contribution in [2.45, 2.75) is 63.5 Å². The molecule has 0 radical (unpaired) electrons. The first kappa shape index (κ1) is 18.5. The summed E-state index contributed by atoms with van der Waals surface area (Å²) in [6, 6.07) is 8.99. The summed E-state index contributed by atoms with van der Waals surface area (Å²) in [6.45, 7) is 4.15. The highest BCUT2D eigenvalue weighted by atomic mass is 16.5. The third-order valence-electron chi connectivity index (χ3n) is 6.34. The van der Waals surface area contributed by atoms with Crippen LogP contribution in [0.4, 0.5) is 0 Å². The molecule has 0 N–H and O–H groups in total. The lowest BCUT2D eigenvalue weighted by molar-refractivity contribution is -0.126. The predicted octanol–water partition coefficient (Wildman–Crippen LogP) is 4.11. The minimum absolute atomic E-state index is 0.133. The summed E-state index contributed by atoms with van der Waals surface area (Å²) in [6.07, 6.45) is 13.9. The number of rotatable bonds is 5. The molecule has 1 aromatic rings. The van der Waals surface area contributed by atoms with Gasteiger partial charge in [0.2, 0.25) is 5.91 Å². The molecule has 4 rings (SSSR count). The van der Waals surface area contributed by atoms with Crippen molar-refractivity contribution in [2.24, 2.45) is 0 Å². The monoisotopic (exact) mass is 368 g/mol. The van der Waals surface area contributed by atoms with Crippen molar-refractivity contribution in [3.63, 3.8) is 0 Å². The second kappa shape index (κ2) is 8.92. The van der Waals surface area contributed by atoms with E-state index in [1.807, 2.05) is 35.2 Å². The van der Waals surface area contributed by atoms with Gasteiger partial charge in [-0.2, -0.15) is 0 Å². The fraction of sp³-hybridized carbons (Fsp3) is 0.609. The van der Waals surface area contributed by atoms with Gasteiger partial charge in [0.1, 0.15) is 11.9 Å². The maximum atomic E-state index is 12.2. The van der Waals surface area contributed by atoms with Crippen LogP contribution in [0.25, 0.3) is 6.08 Å². The number of likely N-dealkylation sites (tertiary alicyclic amines) is 2. The number of nitrogens with zero attached hydrogens (tertiary/aromatic N) is 2. The number of piperidine rings is 2. The minimum atomic E-state index is 0.133. The van der Waals surface area contributed by atoms with Crippen LogP contribution < -0.4 is 4.74 Å². The molecule has 1 saturated carbocycles. The Labute approximate surface area is 163 Å². The van der Waals surface area contributed by atoms with Crippen LogP contribution in [-0.2, 0) is 4.79 Å². The highest BCUT2D eigenvalue weighted by Crippen LogP contribution is 2.28. The summed E-state index contributed by atoms with van der Waals surface area (Å²) in [5.41, 5.74) is 1.05. The maximum Gasteiger partial charge on any atom is 0.246 e. The van der Waals surface area contributed by atoms with Crippen LogP contribution in [0.15, 0.2) is 30.3 Å². The molecule has 0 unspecified atom stereocenters. The van der Waals surface area contributed by atoms with Gasteiger partial charge in [0.15, 0.2) is 0 Å². The fourth-order valence-corrected chi connectivity index (χ4v) is 4.35. The molecule has 2 heterocycles. The number of hydrogen-bond acceptors (Lipinski definition) is 3. The van der Waals surface area contributed by atoms with Crippen molar-refractivity contribution in [1.29, 1.82) is 0 Å². The summed E-state index contributed by atoms with van der Waals surface area (Å²) in [7, 11) is 0. The Balaban J connectivity index is 1.24. The second-order valence-electron chi connectivity index (χ2n) is 8.23. The van der Waals surface area contributed by atoms with Crippen LogP contribution in [0.1, 0.15) is 56.9 Å². The molecular weight excluding hydrogens is 336 g/mol. The van der Waals surface area contributed by atoms with Crippen molar-refractivity contribution < 1.29 is 9.53 Å². The molecule has 1 aromatic carbocycles. The number of carbonyl (C=O) groups is 1. The summed E-state index contributed by atoms with van der Waals surface area (Å²) in [5.74, 6) is 1.07. The van der Waals surface area contributed by atoms with Gasteiger partial charge < -0.3 is 14.5 Å². The van der Waals surface area contributed by atoms with Crippen LogP contribution in [0.5, 0.6) is 5.75 Å². The molecule has 1 amide bonds. The molecule has 1 aliphatic carbocycles. The van der Waals surface area contributed by atoms with Crippen LogP contribution >= 0.6 is 0 Å². The molecule has 3 fully saturated rings. The smallest absolute Gasteiger partial charge is 0.246 e. The van der Waals surface area contributed by atoms with Crippen molar-refractivity contribution in [3.8, 4) is 5.75 Å². The first-order valence-corrected chi connectivity index (χ1v) is 10.8. The lowest BCUT2D eigenvalue weighted by atomic mass is 9.90. The second-order valence-corrected chi connectivity index (χ2v) is 8.23. The third kappa shape index (κ3) is 4.92. The largest absolute Gasteiger partial charge is 0.490 e. The van der Waals surface area contributed by atoms with E-state index in [2.05, 4.69) is 4.90 Å². The average Bonchev–Trinajstić information content (AvgIpc) is 2.68. The molecule has 4 nitrogen and oxygen atoms in total. The van der Waals surface area contributed by atoms with Crippen molar-refractivity contribution in [2.75, 3.05) is 26.2 Å². The summed E-state index contributed by atoms with van der Waals surface area (Å²) < 4.78 is 6.18. The highest BCUT2D eigenvalue weighted by Gasteiger charge is 2.29. The topological polar surface area (TPSA) is 32.8 Å². The standard InChI is InChI=1S/C23H32N2O2/c26-23(25-15-2-1-3-16-25)12-9-19-7-10-21(11-8-19)27-22-13-17-24(18-14-22)20-5-4-6-20/h7-12,20,22H,1-6,13-18H2/b12-9+. The van der Waals surface area contributed by atoms with Gasteiger partial charge in [0, 0.05) is 38.3 Å². The van der Waals surface area contributed by atoms with Crippen molar-refractivity contribution in [3.05, 3.63) is 35.9 Å². The number of benzene rings is 1. The maximum absolute atomic E-state index is 12.2. The van der Waals surface area contributed by atoms with Gasteiger partial charge in [-0.1, -0.05) is 18.6 Å². The molecule has 27 heavy (non-hydrogen) atoms.